The van der Waals surface area contributed by atoms with Gasteiger partial charge in [-0.1, -0.05) is 12.1 Å². The first-order valence-corrected chi connectivity index (χ1v) is 11.7. The highest BCUT2D eigenvalue weighted by molar-refractivity contribution is 7.89. The predicted molar refractivity (Wildman–Crippen MR) is 125 cm³/mol. The standard InChI is InChI=1S/C23H27FN4O4S/c1-23(2,3)27-33(30,31)18-7-5-6-15(10-18)19-11-16(22(29)32-4)12-20-21(19)26-14-28(20)13-17(24)8-9-25/h5-8,10-12,14,27H,9,13,25H2,1-4H3. The summed E-state index contributed by atoms with van der Waals surface area (Å²) in [5.74, 6) is -1.02. The number of rotatable bonds is 7. The zero-order valence-corrected chi connectivity index (χ0v) is 19.7. The smallest absolute Gasteiger partial charge is 0.337 e. The van der Waals surface area contributed by atoms with Crippen molar-refractivity contribution in [2.24, 2.45) is 5.73 Å². The summed E-state index contributed by atoms with van der Waals surface area (Å²) < 4.78 is 48.9. The lowest BCUT2D eigenvalue weighted by atomic mass is 10.0. The van der Waals surface area contributed by atoms with E-state index >= 15 is 0 Å². The summed E-state index contributed by atoms with van der Waals surface area (Å²) >= 11 is 0. The summed E-state index contributed by atoms with van der Waals surface area (Å²) in [6, 6.07) is 9.49. The van der Waals surface area contributed by atoms with E-state index in [1.54, 1.807) is 49.6 Å². The fourth-order valence-electron chi connectivity index (χ4n) is 3.39. The van der Waals surface area contributed by atoms with Crippen LogP contribution in [-0.4, -0.2) is 43.1 Å². The lowest BCUT2D eigenvalue weighted by molar-refractivity contribution is 0.0601. The first-order chi connectivity index (χ1) is 15.4. The third-order valence-corrected chi connectivity index (χ3v) is 6.46. The Balaban J connectivity index is 2.19. The zero-order valence-electron chi connectivity index (χ0n) is 18.9. The molecule has 3 N–H and O–H groups in total. The number of carbonyl (C=O) groups excluding carboxylic acids is 1. The lowest BCUT2D eigenvalue weighted by Crippen LogP contribution is -2.40. The van der Waals surface area contributed by atoms with E-state index in [-0.39, 0.29) is 23.5 Å². The Morgan fingerprint density at radius 2 is 2.00 bits per heavy atom. The van der Waals surface area contributed by atoms with E-state index < -0.39 is 27.4 Å². The van der Waals surface area contributed by atoms with Gasteiger partial charge in [-0.25, -0.2) is 27.3 Å². The van der Waals surface area contributed by atoms with Gasteiger partial charge in [-0.05, 0) is 56.7 Å². The van der Waals surface area contributed by atoms with Crippen LogP contribution in [-0.2, 0) is 21.3 Å². The van der Waals surface area contributed by atoms with Crippen molar-refractivity contribution in [3.05, 3.63) is 60.2 Å². The molecule has 0 aliphatic heterocycles. The molecule has 0 aliphatic carbocycles. The normalized spacial score (nSPS) is 12.8. The van der Waals surface area contributed by atoms with Crippen molar-refractivity contribution < 1.29 is 22.3 Å². The highest BCUT2D eigenvalue weighted by Crippen LogP contribution is 2.31. The van der Waals surface area contributed by atoms with Gasteiger partial charge in [-0.3, -0.25) is 0 Å². The second-order valence-electron chi connectivity index (χ2n) is 8.53. The Morgan fingerprint density at radius 3 is 2.64 bits per heavy atom. The van der Waals surface area contributed by atoms with E-state index in [1.807, 2.05) is 0 Å². The number of nitrogens with zero attached hydrogens (tertiary/aromatic N) is 2. The largest absolute Gasteiger partial charge is 0.465 e. The topological polar surface area (TPSA) is 116 Å². The minimum atomic E-state index is -3.79. The third-order valence-electron chi connectivity index (χ3n) is 4.70. The number of imidazole rings is 1. The van der Waals surface area contributed by atoms with Gasteiger partial charge in [-0.15, -0.1) is 0 Å². The number of hydrogen-bond acceptors (Lipinski definition) is 6. The highest BCUT2D eigenvalue weighted by Gasteiger charge is 2.23. The van der Waals surface area contributed by atoms with Crippen LogP contribution in [0.5, 0.6) is 0 Å². The van der Waals surface area contributed by atoms with Crippen molar-refractivity contribution in [1.82, 2.24) is 14.3 Å². The number of esters is 1. The summed E-state index contributed by atoms with van der Waals surface area (Å²) in [5.41, 5.74) is 6.98. The van der Waals surface area contributed by atoms with Gasteiger partial charge in [0.15, 0.2) is 0 Å². The fraction of sp³-hybridized carbons (Fsp3) is 0.304. The van der Waals surface area contributed by atoms with Crippen LogP contribution in [0.1, 0.15) is 31.1 Å². The van der Waals surface area contributed by atoms with E-state index in [0.717, 1.165) is 0 Å². The van der Waals surface area contributed by atoms with Gasteiger partial charge in [-0.2, -0.15) is 0 Å². The van der Waals surface area contributed by atoms with Crippen molar-refractivity contribution in [2.45, 2.75) is 37.8 Å². The van der Waals surface area contributed by atoms with Crippen LogP contribution < -0.4 is 10.5 Å². The zero-order chi connectivity index (χ0) is 24.4. The number of ether oxygens (including phenoxy) is 1. The monoisotopic (exact) mass is 474 g/mol. The molecule has 8 nitrogen and oxygen atoms in total. The Labute approximate surface area is 192 Å². The van der Waals surface area contributed by atoms with Gasteiger partial charge in [0, 0.05) is 17.6 Å². The molecule has 0 amide bonds. The number of sulfonamides is 1. The number of carbonyl (C=O) groups is 1. The molecule has 10 heteroatoms. The lowest BCUT2D eigenvalue weighted by Gasteiger charge is -2.20. The average Bonchev–Trinajstić information content (AvgIpc) is 3.13. The van der Waals surface area contributed by atoms with Gasteiger partial charge in [0.25, 0.3) is 0 Å². The molecule has 1 heterocycles. The minimum Gasteiger partial charge on any atom is -0.465 e. The van der Waals surface area contributed by atoms with Gasteiger partial charge in [0.2, 0.25) is 10.0 Å². The maximum Gasteiger partial charge on any atom is 0.337 e. The van der Waals surface area contributed by atoms with Crippen LogP contribution >= 0.6 is 0 Å². The molecule has 0 spiro atoms. The summed E-state index contributed by atoms with van der Waals surface area (Å²) in [6.45, 7) is 5.21. The average molecular weight is 475 g/mol. The molecular weight excluding hydrogens is 447 g/mol. The molecule has 1 aromatic heterocycles. The number of halogens is 1. The molecule has 176 valence electrons. The van der Waals surface area contributed by atoms with Crippen LogP contribution in [0, 0.1) is 0 Å². The van der Waals surface area contributed by atoms with Gasteiger partial charge < -0.3 is 15.0 Å². The van der Waals surface area contributed by atoms with E-state index in [0.29, 0.717) is 22.2 Å². The van der Waals surface area contributed by atoms with Crippen LogP contribution in [0.25, 0.3) is 22.2 Å². The summed E-state index contributed by atoms with van der Waals surface area (Å²) in [7, 11) is -2.52. The maximum absolute atomic E-state index is 14.1. The molecule has 3 aromatic rings. The number of hydrogen-bond donors (Lipinski definition) is 2. The number of nitrogens with two attached hydrogens (primary N) is 1. The van der Waals surface area contributed by atoms with Gasteiger partial charge in [0.1, 0.15) is 5.83 Å². The molecule has 33 heavy (non-hydrogen) atoms. The molecule has 2 aromatic carbocycles. The number of methoxy groups -OCH3 is 1. The summed E-state index contributed by atoms with van der Waals surface area (Å²) in [4.78, 5) is 16.8. The molecule has 0 fully saturated rings. The van der Waals surface area contributed by atoms with E-state index in [9.17, 15) is 17.6 Å². The molecule has 0 radical (unpaired) electrons. The highest BCUT2D eigenvalue weighted by atomic mass is 32.2. The van der Waals surface area contributed by atoms with Crippen molar-refractivity contribution in [3.8, 4) is 11.1 Å². The van der Waals surface area contributed by atoms with E-state index in [1.165, 1.54) is 31.6 Å². The predicted octanol–water partition coefficient (Wildman–Crippen LogP) is 3.38. The van der Waals surface area contributed by atoms with Crippen molar-refractivity contribution >= 4 is 27.0 Å². The van der Waals surface area contributed by atoms with Crippen LogP contribution in [0.3, 0.4) is 0 Å². The quantitative estimate of drug-likeness (QED) is 0.507. The molecule has 0 atom stereocenters. The molecular formula is C23H27FN4O4S. The SMILES string of the molecule is COC(=O)c1cc(-c2cccc(S(=O)(=O)NC(C)(C)C)c2)c2ncn(CC(F)=CCN)c2c1. The van der Waals surface area contributed by atoms with Crippen LogP contribution in [0.4, 0.5) is 4.39 Å². The van der Waals surface area contributed by atoms with Crippen LogP contribution in [0.15, 0.2) is 59.5 Å². The van der Waals surface area contributed by atoms with Crippen LogP contribution in [0.2, 0.25) is 0 Å². The second-order valence-corrected chi connectivity index (χ2v) is 10.2. The second kappa shape index (κ2) is 9.42. The van der Waals surface area contributed by atoms with Gasteiger partial charge >= 0.3 is 5.97 Å². The number of aromatic nitrogens is 2. The molecule has 0 unspecified atom stereocenters. The number of benzene rings is 2. The summed E-state index contributed by atoms with van der Waals surface area (Å²) in [6.07, 6.45) is 2.72. The number of allylic oxidation sites excluding steroid dienone is 1. The Kier molecular flexibility index (Phi) is 7.01. The first-order valence-electron chi connectivity index (χ1n) is 10.2. The Morgan fingerprint density at radius 1 is 1.27 bits per heavy atom. The molecule has 0 saturated heterocycles. The van der Waals surface area contributed by atoms with Crippen molar-refractivity contribution in [1.29, 1.82) is 0 Å². The molecule has 0 aliphatic rings. The van der Waals surface area contributed by atoms with E-state index in [2.05, 4.69) is 9.71 Å². The molecule has 3 rings (SSSR count). The Hall–Kier alpha value is -3.08. The van der Waals surface area contributed by atoms with Crippen molar-refractivity contribution in [3.63, 3.8) is 0 Å². The van der Waals surface area contributed by atoms with Crippen molar-refractivity contribution in [2.75, 3.05) is 13.7 Å². The van der Waals surface area contributed by atoms with E-state index in [4.69, 9.17) is 10.5 Å². The maximum atomic E-state index is 14.1. The molecule has 0 bridgehead atoms. The fourth-order valence-corrected chi connectivity index (χ4v) is 4.86. The number of nitrogens with one attached hydrogen (secondary N) is 1. The van der Waals surface area contributed by atoms with Gasteiger partial charge in [0.05, 0.1) is 41.5 Å². The minimum absolute atomic E-state index is 0.0565. The molecule has 0 saturated carbocycles. The Bertz CT molecular complexity index is 1320. The summed E-state index contributed by atoms with van der Waals surface area (Å²) in [5, 5.41) is 0. The third kappa shape index (κ3) is 5.65. The number of fused-ring (bicyclic) bond motifs is 1. The first kappa shape index (κ1) is 24.6.